The van der Waals surface area contributed by atoms with Crippen LogP contribution in [0.2, 0.25) is 0 Å². The van der Waals surface area contributed by atoms with Gasteiger partial charge in [0.15, 0.2) is 0 Å². The van der Waals surface area contributed by atoms with Crippen molar-refractivity contribution >= 4 is 5.97 Å². The van der Waals surface area contributed by atoms with Crippen molar-refractivity contribution in [2.24, 2.45) is 5.41 Å². The van der Waals surface area contributed by atoms with Gasteiger partial charge in [-0.2, -0.15) is 0 Å². The molecule has 1 N–H and O–H groups in total. The van der Waals surface area contributed by atoms with Crippen molar-refractivity contribution in [3.8, 4) is 0 Å². The van der Waals surface area contributed by atoms with Crippen molar-refractivity contribution in [3.63, 3.8) is 0 Å². The minimum absolute atomic E-state index is 0.432. The smallest absolute Gasteiger partial charge is 0.309 e. The summed E-state index contributed by atoms with van der Waals surface area (Å²) in [5.74, 6) is -0.695. The molecular weight excluding hydrogens is 218 g/mol. The molecule has 2 aliphatic rings. The third-order valence-corrected chi connectivity index (χ3v) is 3.97. The van der Waals surface area contributed by atoms with E-state index in [2.05, 4.69) is 4.90 Å². The highest BCUT2D eigenvalue weighted by Crippen LogP contribution is 2.27. The van der Waals surface area contributed by atoms with Gasteiger partial charge < -0.3 is 9.84 Å². The second-order valence-corrected chi connectivity index (χ2v) is 6.01. The molecule has 0 radical (unpaired) electrons. The maximum atomic E-state index is 11.0. The maximum absolute atomic E-state index is 11.0. The molecule has 2 rings (SSSR count). The average Bonchev–Trinajstić information content (AvgIpc) is 2.58. The zero-order chi connectivity index (χ0) is 12.5. The Hall–Kier alpha value is -0.610. The first kappa shape index (κ1) is 12.8. The predicted octanol–water partition coefficient (Wildman–Crippen LogP) is 1.74. The molecule has 2 fully saturated rings. The van der Waals surface area contributed by atoms with Crippen molar-refractivity contribution in [1.82, 2.24) is 4.90 Å². The molecule has 0 aromatic rings. The molecule has 2 saturated heterocycles. The monoisotopic (exact) mass is 241 g/mol. The number of hydrogen-bond acceptors (Lipinski definition) is 3. The summed E-state index contributed by atoms with van der Waals surface area (Å²) in [6.07, 6.45) is 4.96. The predicted molar refractivity (Wildman–Crippen MR) is 65.0 cm³/mol. The molecule has 0 amide bonds. The molecule has 2 unspecified atom stereocenters. The number of nitrogens with zero attached hydrogens (tertiary/aromatic N) is 1. The second-order valence-electron chi connectivity index (χ2n) is 6.01. The van der Waals surface area contributed by atoms with Crippen molar-refractivity contribution in [1.29, 1.82) is 0 Å². The Bertz CT molecular complexity index is 278. The van der Waals surface area contributed by atoms with Gasteiger partial charge in [-0.25, -0.2) is 0 Å². The van der Waals surface area contributed by atoms with E-state index in [4.69, 9.17) is 9.84 Å². The van der Waals surface area contributed by atoms with Gasteiger partial charge in [-0.05, 0) is 46.1 Å². The van der Waals surface area contributed by atoms with Gasteiger partial charge in [0.05, 0.1) is 17.6 Å². The minimum atomic E-state index is -0.695. The van der Waals surface area contributed by atoms with Crippen molar-refractivity contribution in [3.05, 3.63) is 0 Å². The van der Waals surface area contributed by atoms with E-state index < -0.39 is 11.4 Å². The minimum Gasteiger partial charge on any atom is -0.481 e. The lowest BCUT2D eigenvalue weighted by atomic mass is 9.88. The van der Waals surface area contributed by atoms with E-state index in [-0.39, 0.29) is 0 Å². The summed E-state index contributed by atoms with van der Waals surface area (Å²) in [4.78, 5) is 13.4. The molecule has 2 bridgehead atoms. The van der Waals surface area contributed by atoms with Crippen LogP contribution in [-0.2, 0) is 9.53 Å². The van der Waals surface area contributed by atoms with Crippen LogP contribution in [0.1, 0.15) is 39.5 Å². The Morgan fingerprint density at radius 3 is 2.47 bits per heavy atom. The van der Waals surface area contributed by atoms with Crippen LogP contribution in [0.4, 0.5) is 0 Å². The summed E-state index contributed by atoms with van der Waals surface area (Å²) in [6, 6.07) is 0. The van der Waals surface area contributed by atoms with Gasteiger partial charge in [-0.15, -0.1) is 0 Å². The molecule has 0 aliphatic carbocycles. The summed E-state index contributed by atoms with van der Waals surface area (Å²) in [6.45, 7) is 6.68. The fourth-order valence-corrected chi connectivity index (χ4v) is 2.73. The van der Waals surface area contributed by atoms with Crippen LogP contribution in [0.15, 0.2) is 0 Å². The Balaban J connectivity index is 1.71. The molecule has 0 saturated carbocycles. The summed E-state index contributed by atoms with van der Waals surface area (Å²) in [7, 11) is 0. The van der Waals surface area contributed by atoms with E-state index in [1.807, 2.05) is 0 Å². The van der Waals surface area contributed by atoms with E-state index in [9.17, 15) is 4.79 Å². The number of likely N-dealkylation sites (tertiary alicyclic amines) is 1. The number of rotatable bonds is 5. The zero-order valence-electron chi connectivity index (χ0n) is 10.8. The third-order valence-electron chi connectivity index (χ3n) is 3.97. The van der Waals surface area contributed by atoms with Crippen LogP contribution in [0, 0.1) is 5.41 Å². The van der Waals surface area contributed by atoms with Gasteiger partial charge in [0, 0.05) is 13.1 Å². The van der Waals surface area contributed by atoms with Gasteiger partial charge >= 0.3 is 5.97 Å². The van der Waals surface area contributed by atoms with E-state index in [0.717, 1.165) is 32.5 Å². The van der Waals surface area contributed by atoms with Crippen molar-refractivity contribution in [2.45, 2.75) is 51.7 Å². The fourth-order valence-electron chi connectivity index (χ4n) is 2.73. The fraction of sp³-hybridized carbons (Fsp3) is 0.923. The number of carboxylic acid groups (broad SMARTS) is 1. The number of fused-ring (bicyclic) bond motifs is 2. The Labute approximate surface area is 103 Å². The highest BCUT2D eigenvalue weighted by Gasteiger charge is 2.33. The lowest BCUT2D eigenvalue weighted by molar-refractivity contribution is -0.147. The maximum Gasteiger partial charge on any atom is 0.309 e. The number of hydrogen-bond donors (Lipinski definition) is 1. The summed E-state index contributed by atoms with van der Waals surface area (Å²) < 4.78 is 5.78. The topological polar surface area (TPSA) is 49.8 Å². The van der Waals surface area contributed by atoms with Gasteiger partial charge in [0.1, 0.15) is 0 Å². The highest BCUT2D eigenvalue weighted by atomic mass is 16.5. The van der Waals surface area contributed by atoms with Crippen LogP contribution in [0.3, 0.4) is 0 Å². The summed E-state index contributed by atoms with van der Waals surface area (Å²) >= 11 is 0. The van der Waals surface area contributed by atoms with E-state index in [0.29, 0.717) is 12.2 Å². The molecular formula is C13H23NO3. The summed E-state index contributed by atoms with van der Waals surface area (Å²) in [5.41, 5.74) is -0.592. The lowest BCUT2D eigenvalue weighted by Gasteiger charge is -2.32. The molecule has 4 nitrogen and oxygen atoms in total. The van der Waals surface area contributed by atoms with Gasteiger partial charge in [-0.1, -0.05) is 0 Å². The number of carboxylic acids is 1. The first-order chi connectivity index (χ1) is 7.97. The standard InChI is InChI=1S/C13H23NO3/c1-13(2,12(15)16)6-3-7-14-8-10-4-5-11(9-14)17-10/h10-11H,3-9H2,1-2H3,(H,15,16). The Morgan fingerprint density at radius 1 is 1.35 bits per heavy atom. The molecule has 17 heavy (non-hydrogen) atoms. The number of ether oxygens (including phenoxy) is 1. The molecule has 0 spiro atoms. The highest BCUT2D eigenvalue weighted by molar-refractivity contribution is 5.73. The third kappa shape index (κ3) is 3.19. The quantitative estimate of drug-likeness (QED) is 0.796. The van der Waals surface area contributed by atoms with E-state index in [1.165, 1.54) is 12.8 Å². The molecule has 0 aromatic carbocycles. The summed E-state index contributed by atoms with van der Waals surface area (Å²) in [5, 5.41) is 9.04. The molecule has 2 atom stereocenters. The average molecular weight is 241 g/mol. The first-order valence-corrected chi connectivity index (χ1v) is 6.58. The van der Waals surface area contributed by atoms with E-state index in [1.54, 1.807) is 13.8 Å². The van der Waals surface area contributed by atoms with Crippen LogP contribution in [0.25, 0.3) is 0 Å². The Morgan fingerprint density at radius 2 is 1.94 bits per heavy atom. The molecule has 98 valence electrons. The van der Waals surface area contributed by atoms with Crippen LogP contribution in [-0.4, -0.2) is 47.8 Å². The van der Waals surface area contributed by atoms with Crippen LogP contribution < -0.4 is 0 Å². The van der Waals surface area contributed by atoms with Gasteiger partial charge in [0.2, 0.25) is 0 Å². The second kappa shape index (κ2) is 4.94. The zero-order valence-corrected chi connectivity index (χ0v) is 10.8. The Kier molecular flexibility index (Phi) is 3.73. The molecule has 2 aliphatic heterocycles. The lowest BCUT2D eigenvalue weighted by Crippen LogP contribution is -2.43. The van der Waals surface area contributed by atoms with Crippen molar-refractivity contribution < 1.29 is 14.6 Å². The number of aliphatic carboxylic acids is 1. The number of morpholine rings is 1. The number of carbonyl (C=O) groups is 1. The molecule has 4 heteroatoms. The molecule has 2 heterocycles. The van der Waals surface area contributed by atoms with Gasteiger partial charge in [-0.3, -0.25) is 9.69 Å². The van der Waals surface area contributed by atoms with Crippen LogP contribution >= 0.6 is 0 Å². The SMILES string of the molecule is CC(C)(CCCN1CC2CCC(C1)O2)C(=O)O. The van der Waals surface area contributed by atoms with Crippen molar-refractivity contribution in [2.75, 3.05) is 19.6 Å². The molecule has 0 aromatic heterocycles. The first-order valence-electron chi connectivity index (χ1n) is 6.58. The normalized spacial score (nSPS) is 29.5. The van der Waals surface area contributed by atoms with Gasteiger partial charge in [0.25, 0.3) is 0 Å². The van der Waals surface area contributed by atoms with Crippen LogP contribution in [0.5, 0.6) is 0 Å². The van der Waals surface area contributed by atoms with E-state index >= 15 is 0 Å². The largest absolute Gasteiger partial charge is 0.481 e.